The lowest BCUT2D eigenvalue weighted by Crippen LogP contribution is -2.63. The summed E-state index contributed by atoms with van der Waals surface area (Å²) in [5, 5.41) is 14.5. The Bertz CT molecular complexity index is 2050. The highest BCUT2D eigenvalue weighted by atomic mass is 32.2. The van der Waals surface area contributed by atoms with Crippen LogP contribution in [0, 0.1) is 17.8 Å². The Balaban J connectivity index is 1.28. The molecule has 1 aromatic carbocycles. The van der Waals surface area contributed by atoms with Crippen LogP contribution in [0.25, 0.3) is 10.8 Å². The highest BCUT2D eigenvalue weighted by Gasteiger charge is 2.62. The fourth-order valence-electron chi connectivity index (χ4n) is 8.91. The van der Waals surface area contributed by atoms with Crippen molar-refractivity contribution in [2.45, 2.75) is 127 Å². The van der Waals surface area contributed by atoms with Gasteiger partial charge in [-0.05, 0) is 88.3 Å². The third-order valence-corrected chi connectivity index (χ3v) is 14.7. The summed E-state index contributed by atoms with van der Waals surface area (Å²) in [4.78, 5) is 64.3. The molecule has 310 valence electrons. The number of benzene rings is 1. The molecule has 2 saturated carbocycles. The van der Waals surface area contributed by atoms with E-state index in [1.54, 1.807) is 18.3 Å². The summed E-state index contributed by atoms with van der Waals surface area (Å²) >= 11 is 0. The van der Waals surface area contributed by atoms with Crippen LogP contribution in [0.3, 0.4) is 0 Å². The summed E-state index contributed by atoms with van der Waals surface area (Å²) in [7, 11) is -3.93. The molecule has 57 heavy (non-hydrogen) atoms. The van der Waals surface area contributed by atoms with Gasteiger partial charge in [-0.3, -0.25) is 24.0 Å². The molecule has 3 aliphatic heterocycles. The van der Waals surface area contributed by atoms with Gasteiger partial charge in [-0.1, -0.05) is 39.8 Å². The lowest BCUT2D eigenvalue weighted by atomic mass is 9.83. The van der Waals surface area contributed by atoms with Crippen LogP contribution >= 0.6 is 0 Å². The molecule has 16 heteroatoms. The Morgan fingerprint density at radius 1 is 1.09 bits per heavy atom. The van der Waals surface area contributed by atoms with E-state index in [4.69, 9.17) is 14.2 Å². The zero-order valence-electron chi connectivity index (χ0n) is 33.4. The van der Waals surface area contributed by atoms with E-state index in [1.165, 1.54) is 9.80 Å². The van der Waals surface area contributed by atoms with Crippen molar-refractivity contribution in [1.82, 2.24) is 24.8 Å². The third-order valence-electron chi connectivity index (χ3n) is 12.9. The van der Waals surface area contributed by atoms with E-state index >= 15 is 4.79 Å². The minimum absolute atomic E-state index is 0.00215. The van der Waals surface area contributed by atoms with E-state index in [2.05, 4.69) is 21.9 Å². The number of carbonyl (C=O) groups excluding carboxylic acids is 3. The van der Waals surface area contributed by atoms with E-state index in [9.17, 15) is 27.9 Å². The first-order valence-electron chi connectivity index (χ1n) is 20.3. The third kappa shape index (κ3) is 7.85. The highest BCUT2D eigenvalue weighted by molar-refractivity contribution is 7.91. The number of rotatable bonds is 9. The molecule has 5 aliphatic rings. The normalized spacial score (nSPS) is 29.3. The van der Waals surface area contributed by atoms with Crippen LogP contribution in [0.2, 0.25) is 0 Å². The van der Waals surface area contributed by atoms with Crippen molar-refractivity contribution < 1.29 is 46.9 Å². The Morgan fingerprint density at radius 3 is 2.53 bits per heavy atom. The van der Waals surface area contributed by atoms with Gasteiger partial charge in [0, 0.05) is 34.8 Å². The predicted octanol–water partition coefficient (Wildman–Crippen LogP) is 4.78. The molecular weight excluding hydrogens is 755 g/mol. The number of nitrogens with zero attached hydrogens (tertiary/aromatic N) is 3. The summed E-state index contributed by atoms with van der Waals surface area (Å²) in [5.41, 5.74) is -2.44. The molecule has 2 aromatic rings. The van der Waals surface area contributed by atoms with Crippen molar-refractivity contribution in [3.8, 4) is 17.4 Å². The predicted molar refractivity (Wildman–Crippen MR) is 210 cm³/mol. The van der Waals surface area contributed by atoms with Crippen LogP contribution in [0.15, 0.2) is 36.5 Å². The van der Waals surface area contributed by atoms with Crippen molar-refractivity contribution >= 4 is 44.6 Å². The monoisotopic (exact) mass is 809 g/mol. The van der Waals surface area contributed by atoms with Crippen LogP contribution in [0.1, 0.15) is 92.4 Å². The number of carboxylic acid groups (broad SMARTS) is 1. The van der Waals surface area contributed by atoms with Crippen LogP contribution in [-0.2, 0) is 24.4 Å². The molecule has 1 aromatic heterocycles. The molecule has 4 amide bonds. The lowest BCUT2D eigenvalue weighted by molar-refractivity contribution is -0.146. The smallest absolute Gasteiger partial charge is 0.408 e. The van der Waals surface area contributed by atoms with Crippen LogP contribution in [-0.4, -0.2) is 106 Å². The molecule has 0 bridgehead atoms. The van der Waals surface area contributed by atoms with Crippen LogP contribution in [0.5, 0.6) is 17.4 Å². The van der Waals surface area contributed by atoms with Gasteiger partial charge in [0.25, 0.3) is 5.91 Å². The van der Waals surface area contributed by atoms with Gasteiger partial charge >= 0.3 is 6.09 Å². The molecule has 3 N–H and O–H groups in total. The topological polar surface area (TPSA) is 194 Å². The SMILES string of the molecule is CCC(C)(CC)N(C(=O)O)[C@@H]1C(=O)N2C[C@H](Oc3nccc4c5c(ccc34)OCCO5)C[C@H]2C(=O)N[C@]2(C(=O)NS(=O)(=O)C3CC3)C[C@H]2C=CCC[C@H](C)C[C@H]1C. The molecule has 0 radical (unpaired) electrons. The van der Waals surface area contributed by atoms with E-state index in [0.29, 0.717) is 68.6 Å². The number of pyridine rings is 1. The summed E-state index contributed by atoms with van der Waals surface area (Å²) in [6, 6.07) is 3.07. The Kier molecular flexibility index (Phi) is 11.1. The van der Waals surface area contributed by atoms with Gasteiger partial charge in [0.1, 0.15) is 36.9 Å². The van der Waals surface area contributed by atoms with Gasteiger partial charge in [-0.15, -0.1) is 0 Å². The first-order chi connectivity index (χ1) is 27.1. The number of aromatic nitrogens is 1. The van der Waals surface area contributed by atoms with E-state index in [0.717, 1.165) is 11.8 Å². The van der Waals surface area contributed by atoms with Crippen molar-refractivity contribution in [2.24, 2.45) is 17.8 Å². The Morgan fingerprint density at radius 2 is 1.82 bits per heavy atom. The summed E-state index contributed by atoms with van der Waals surface area (Å²) in [5.74, 6) is -1.35. The minimum Gasteiger partial charge on any atom is -0.486 e. The summed E-state index contributed by atoms with van der Waals surface area (Å²) in [6.07, 6.45) is 7.37. The molecular formula is C41H55N5O10S. The van der Waals surface area contributed by atoms with Crippen LogP contribution in [0.4, 0.5) is 4.79 Å². The zero-order valence-corrected chi connectivity index (χ0v) is 34.2. The van der Waals surface area contributed by atoms with Crippen molar-refractivity contribution in [3.05, 3.63) is 36.5 Å². The maximum absolute atomic E-state index is 15.3. The largest absolute Gasteiger partial charge is 0.486 e. The van der Waals surface area contributed by atoms with Crippen molar-refractivity contribution in [3.63, 3.8) is 0 Å². The highest BCUT2D eigenvalue weighted by Crippen LogP contribution is 2.47. The van der Waals surface area contributed by atoms with Gasteiger partial charge in [0.05, 0.1) is 11.8 Å². The zero-order chi connectivity index (χ0) is 40.9. The minimum atomic E-state index is -3.93. The fourth-order valence-corrected chi connectivity index (χ4v) is 10.3. The van der Waals surface area contributed by atoms with E-state index in [1.807, 2.05) is 45.9 Å². The molecule has 3 fully saturated rings. The molecule has 7 atom stereocenters. The second-order valence-corrected chi connectivity index (χ2v) is 18.8. The Hall–Kier alpha value is -4.60. The number of carbonyl (C=O) groups is 4. The molecule has 0 spiro atoms. The molecule has 4 heterocycles. The van der Waals surface area contributed by atoms with Gasteiger partial charge in [-0.2, -0.15) is 0 Å². The average molecular weight is 810 g/mol. The molecule has 0 unspecified atom stereocenters. The van der Waals surface area contributed by atoms with Gasteiger partial charge in [0.2, 0.25) is 27.7 Å². The summed E-state index contributed by atoms with van der Waals surface area (Å²) in [6.45, 7) is 10.3. The van der Waals surface area contributed by atoms with Gasteiger partial charge < -0.3 is 29.5 Å². The standard InChI is InChI=1S/C41H55N5O10S/c1-6-40(5,7-2)46(39(50)51)33-25(4)20-24(3)10-8-9-11-26-22-41(26,38(49)44-57(52,53)28-12-13-28)43-35(47)31-21-27(23-45(31)37(33)48)56-36-30-14-15-32-34(55-19-18-54-32)29(30)16-17-42-36/h9,11,14-17,24-28,31,33H,6-8,10,12-13,18-23H2,1-5H3,(H,43,47)(H,44,49)(H,50,51)/t24-,25+,26+,27+,31-,33-,41+/m0/s1. The number of sulfonamides is 1. The average Bonchev–Trinajstić information content (AvgIpc) is 4.11. The second kappa shape index (κ2) is 15.6. The van der Waals surface area contributed by atoms with Crippen LogP contribution < -0.4 is 24.2 Å². The van der Waals surface area contributed by atoms with E-state index in [-0.39, 0.29) is 31.2 Å². The first kappa shape index (κ1) is 40.6. The summed E-state index contributed by atoms with van der Waals surface area (Å²) < 4.78 is 46.4. The Labute approximate surface area is 333 Å². The number of allylic oxidation sites excluding steroid dienone is 1. The number of nitrogens with one attached hydrogen (secondary N) is 2. The quantitative estimate of drug-likeness (QED) is 0.296. The number of amides is 4. The maximum atomic E-state index is 15.3. The fraction of sp³-hybridized carbons (Fsp3) is 0.634. The molecule has 7 rings (SSSR count). The van der Waals surface area contributed by atoms with Crippen molar-refractivity contribution in [2.75, 3.05) is 19.8 Å². The molecule has 15 nitrogen and oxygen atoms in total. The van der Waals surface area contributed by atoms with Crippen molar-refractivity contribution in [1.29, 1.82) is 0 Å². The number of fused-ring (bicyclic) bond motifs is 5. The number of ether oxygens (including phenoxy) is 3. The number of hydrogen-bond donors (Lipinski definition) is 3. The van der Waals surface area contributed by atoms with Gasteiger partial charge in [-0.25, -0.2) is 18.2 Å². The number of hydrogen-bond acceptors (Lipinski definition) is 10. The van der Waals surface area contributed by atoms with E-state index < -0.39 is 80.2 Å². The first-order valence-corrected chi connectivity index (χ1v) is 21.9. The molecule has 1 saturated heterocycles. The second-order valence-electron chi connectivity index (χ2n) is 16.9. The molecule has 2 aliphatic carbocycles. The lowest BCUT2D eigenvalue weighted by Gasteiger charge is -2.46. The maximum Gasteiger partial charge on any atom is 0.408 e. The van der Waals surface area contributed by atoms with Gasteiger partial charge in [0.15, 0.2) is 11.5 Å².